The minimum atomic E-state index is 0.648. The van der Waals surface area contributed by atoms with Gasteiger partial charge in [0.2, 0.25) is 5.16 Å². The highest BCUT2D eigenvalue weighted by molar-refractivity contribution is 7.99. The van der Waals surface area contributed by atoms with Gasteiger partial charge in [0.15, 0.2) is 0 Å². The number of fused-ring (bicyclic) bond motifs is 1. The average Bonchev–Trinajstić information content (AvgIpc) is 2.88. The predicted octanol–water partition coefficient (Wildman–Crippen LogP) is 1.71. The fourth-order valence-electron chi connectivity index (χ4n) is 2.49. The maximum Gasteiger partial charge on any atom is 0.209 e. The summed E-state index contributed by atoms with van der Waals surface area (Å²) in [6.07, 6.45) is 1.18. The van der Waals surface area contributed by atoms with Crippen molar-refractivity contribution >= 4 is 11.8 Å². The third-order valence-corrected chi connectivity index (χ3v) is 4.74. The van der Waals surface area contributed by atoms with Crippen LogP contribution in [0.3, 0.4) is 0 Å². The van der Waals surface area contributed by atoms with E-state index in [1.807, 2.05) is 4.68 Å². The lowest BCUT2D eigenvalue weighted by molar-refractivity contribution is 0.517. The van der Waals surface area contributed by atoms with E-state index >= 15 is 0 Å². The van der Waals surface area contributed by atoms with Crippen LogP contribution >= 0.6 is 11.8 Å². The van der Waals surface area contributed by atoms with Gasteiger partial charge in [-0.3, -0.25) is 0 Å². The van der Waals surface area contributed by atoms with Crippen molar-refractivity contribution in [3.8, 4) is 0 Å². The van der Waals surface area contributed by atoms with Crippen LogP contribution in [0, 0.1) is 0 Å². The summed E-state index contributed by atoms with van der Waals surface area (Å²) in [7, 11) is 0. The van der Waals surface area contributed by atoms with Crippen molar-refractivity contribution in [2.75, 3.05) is 18.8 Å². The Morgan fingerprint density at radius 3 is 3.15 bits per heavy atom. The molecule has 1 aliphatic carbocycles. The normalized spacial score (nSPS) is 16.8. The summed E-state index contributed by atoms with van der Waals surface area (Å²) >= 11 is 1.76. The van der Waals surface area contributed by atoms with Crippen molar-refractivity contribution < 1.29 is 0 Å². The predicted molar refractivity (Wildman–Crippen MR) is 80.0 cm³/mol. The van der Waals surface area contributed by atoms with Gasteiger partial charge in [-0.15, -0.1) is 5.10 Å². The molecule has 20 heavy (non-hydrogen) atoms. The summed E-state index contributed by atoms with van der Waals surface area (Å²) in [5.41, 5.74) is 2.98. The Hall–Kier alpha value is -1.40. The fraction of sp³-hybridized carbons (Fsp3) is 0.500. The molecule has 0 saturated carbocycles. The Kier molecular flexibility index (Phi) is 4.32. The van der Waals surface area contributed by atoms with Crippen LogP contribution in [0.5, 0.6) is 0 Å². The summed E-state index contributed by atoms with van der Waals surface area (Å²) in [6, 6.07) is 8.69. The van der Waals surface area contributed by atoms with Crippen LogP contribution in [0.25, 0.3) is 0 Å². The highest BCUT2D eigenvalue weighted by atomic mass is 32.2. The zero-order chi connectivity index (χ0) is 13.8. The van der Waals surface area contributed by atoms with Crippen LogP contribution < -0.4 is 5.32 Å². The topological polar surface area (TPSA) is 55.6 Å². The Morgan fingerprint density at radius 2 is 2.30 bits per heavy atom. The van der Waals surface area contributed by atoms with Gasteiger partial charge >= 0.3 is 0 Å². The van der Waals surface area contributed by atoms with Gasteiger partial charge < -0.3 is 5.32 Å². The van der Waals surface area contributed by atoms with Crippen LogP contribution in [-0.2, 0) is 13.0 Å². The van der Waals surface area contributed by atoms with Gasteiger partial charge in [-0.05, 0) is 40.4 Å². The first-order valence-corrected chi connectivity index (χ1v) is 8.04. The maximum absolute atomic E-state index is 4.12. The second-order valence-corrected chi connectivity index (χ2v) is 5.94. The molecule has 0 spiro atoms. The molecule has 5 nitrogen and oxygen atoms in total. The minimum absolute atomic E-state index is 0.648. The molecule has 6 heteroatoms. The molecule has 1 heterocycles. The second-order valence-electron chi connectivity index (χ2n) is 4.95. The quantitative estimate of drug-likeness (QED) is 0.621. The smallest absolute Gasteiger partial charge is 0.209 e. The van der Waals surface area contributed by atoms with Gasteiger partial charge in [-0.25, -0.2) is 4.68 Å². The number of nitrogens with zero attached hydrogens (tertiary/aromatic N) is 4. The molecule has 1 aliphatic rings. The Labute approximate surface area is 123 Å². The van der Waals surface area contributed by atoms with E-state index in [1.165, 1.54) is 17.5 Å². The summed E-state index contributed by atoms with van der Waals surface area (Å²) in [5, 5.41) is 16.2. The second kappa shape index (κ2) is 6.37. The zero-order valence-corrected chi connectivity index (χ0v) is 12.4. The lowest BCUT2D eigenvalue weighted by Gasteiger charge is -2.29. The van der Waals surface area contributed by atoms with Crippen LogP contribution in [0.15, 0.2) is 29.4 Å². The zero-order valence-electron chi connectivity index (χ0n) is 11.6. The fourth-order valence-corrected chi connectivity index (χ4v) is 3.51. The monoisotopic (exact) mass is 289 g/mol. The molecule has 0 saturated heterocycles. The number of benzene rings is 1. The molecule has 0 fully saturated rings. The van der Waals surface area contributed by atoms with Gasteiger partial charge in [-0.2, -0.15) is 0 Å². The van der Waals surface area contributed by atoms with Gasteiger partial charge in [0.25, 0.3) is 0 Å². The first-order chi connectivity index (χ1) is 9.88. The molecule has 0 amide bonds. The SMILES string of the molecule is CCNCCn1nnnc1SCC1Cc2ccccc21. The first kappa shape index (κ1) is 13.6. The number of likely N-dealkylation sites (N-methyl/N-ethyl adjacent to an activating group) is 1. The molecule has 2 aromatic rings. The van der Waals surface area contributed by atoms with E-state index in [9.17, 15) is 0 Å². The molecule has 1 unspecified atom stereocenters. The van der Waals surface area contributed by atoms with Crippen LogP contribution in [0.1, 0.15) is 24.0 Å². The number of aromatic nitrogens is 4. The van der Waals surface area contributed by atoms with E-state index < -0.39 is 0 Å². The van der Waals surface area contributed by atoms with E-state index in [4.69, 9.17) is 0 Å². The number of tetrazole rings is 1. The first-order valence-electron chi connectivity index (χ1n) is 7.06. The molecule has 3 rings (SSSR count). The molecule has 1 atom stereocenters. The lowest BCUT2D eigenvalue weighted by Crippen LogP contribution is -2.21. The highest BCUT2D eigenvalue weighted by Crippen LogP contribution is 2.38. The van der Waals surface area contributed by atoms with Gasteiger partial charge in [0.05, 0.1) is 6.54 Å². The van der Waals surface area contributed by atoms with Gasteiger partial charge in [0.1, 0.15) is 0 Å². The highest BCUT2D eigenvalue weighted by Gasteiger charge is 2.25. The molecular formula is C14H19N5S. The maximum atomic E-state index is 4.12. The van der Waals surface area contributed by atoms with Crippen molar-refractivity contribution in [3.05, 3.63) is 35.4 Å². The number of nitrogens with one attached hydrogen (secondary N) is 1. The number of thioether (sulfide) groups is 1. The van der Waals surface area contributed by atoms with E-state index in [0.29, 0.717) is 5.92 Å². The minimum Gasteiger partial charge on any atom is -0.315 e. The van der Waals surface area contributed by atoms with Crippen LogP contribution in [-0.4, -0.2) is 39.0 Å². The van der Waals surface area contributed by atoms with Crippen molar-refractivity contribution in [3.63, 3.8) is 0 Å². The third kappa shape index (κ3) is 2.86. The summed E-state index contributed by atoms with van der Waals surface area (Å²) in [6.45, 7) is 4.80. The standard InChI is InChI=1S/C14H19N5S/c1-2-15-7-8-19-14(16-17-18-19)20-10-12-9-11-5-3-4-6-13(11)12/h3-6,12,15H,2,7-10H2,1H3. The lowest BCUT2D eigenvalue weighted by atomic mass is 9.79. The summed E-state index contributed by atoms with van der Waals surface area (Å²) in [5.74, 6) is 1.70. The third-order valence-electron chi connectivity index (χ3n) is 3.62. The largest absolute Gasteiger partial charge is 0.315 e. The molecular weight excluding hydrogens is 270 g/mol. The Balaban J connectivity index is 1.54. The van der Waals surface area contributed by atoms with E-state index in [1.54, 1.807) is 11.8 Å². The number of hydrogen-bond donors (Lipinski definition) is 1. The van der Waals surface area contributed by atoms with E-state index in [0.717, 1.165) is 30.5 Å². The summed E-state index contributed by atoms with van der Waals surface area (Å²) in [4.78, 5) is 0. The average molecular weight is 289 g/mol. The number of rotatable bonds is 7. The van der Waals surface area contributed by atoms with Gasteiger partial charge in [-0.1, -0.05) is 43.0 Å². The molecule has 1 N–H and O–H groups in total. The molecule has 0 aliphatic heterocycles. The van der Waals surface area contributed by atoms with Crippen LogP contribution in [0.2, 0.25) is 0 Å². The molecule has 106 valence electrons. The molecule has 0 radical (unpaired) electrons. The van der Waals surface area contributed by atoms with Crippen molar-refractivity contribution in [1.82, 2.24) is 25.5 Å². The Bertz CT molecular complexity index is 568. The Morgan fingerprint density at radius 1 is 1.40 bits per heavy atom. The molecule has 1 aromatic carbocycles. The van der Waals surface area contributed by atoms with E-state index in [-0.39, 0.29) is 0 Å². The molecule has 1 aromatic heterocycles. The number of hydrogen-bond acceptors (Lipinski definition) is 5. The summed E-state index contributed by atoms with van der Waals surface area (Å²) < 4.78 is 1.89. The van der Waals surface area contributed by atoms with Crippen molar-refractivity contribution in [2.45, 2.75) is 31.0 Å². The van der Waals surface area contributed by atoms with E-state index in [2.05, 4.69) is 52.0 Å². The van der Waals surface area contributed by atoms with Crippen molar-refractivity contribution in [2.24, 2.45) is 0 Å². The molecule has 0 bridgehead atoms. The van der Waals surface area contributed by atoms with Crippen LogP contribution in [0.4, 0.5) is 0 Å². The van der Waals surface area contributed by atoms with Crippen molar-refractivity contribution in [1.29, 1.82) is 0 Å². The van der Waals surface area contributed by atoms with Gasteiger partial charge in [0, 0.05) is 12.3 Å².